The molecule has 0 unspecified atom stereocenters. The zero-order chi connectivity index (χ0) is 22.1. The molecule has 7 nitrogen and oxygen atoms in total. The van der Waals surface area contributed by atoms with E-state index in [9.17, 15) is 9.90 Å². The maximum absolute atomic E-state index is 12.4. The van der Waals surface area contributed by atoms with Crippen molar-refractivity contribution in [3.63, 3.8) is 0 Å². The molecule has 174 valence electrons. The molecule has 1 aliphatic heterocycles. The summed E-state index contributed by atoms with van der Waals surface area (Å²) in [7, 11) is 3.77. The molecule has 0 spiro atoms. The van der Waals surface area contributed by atoms with E-state index in [0.717, 1.165) is 51.9 Å². The molecule has 1 amide bonds. The average molecular weight is 434 g/mol. The molecule has 7 heteroatoms. The Hall–Kier alpha value is -1.51. The fourth-order valence-corrected chi connectivity index (χ4v) is 4.92. The molecule has 31 heavy (non-hydrogen) atoms. The first kappa shape index (κ1) is 24.1. The van der Waals surface area contributed by atoms with Gasteiger partial charge in [0.2, 0.25) is 5.91 Å². The number of carbonyl (C=O) groups is 1. The lowest BCUT2D eigenvalue weighted by molar-refractivity contribution is -0.126. The highest BCUT2D eigenvalue weighted by molar-refractivity contribution is 5.77. The van der Waals surface area contributed by atoms with Crippen molar-refractivity contribution in [1.82, 2.24) is 15.1 Å². The molecule has 1 heterocycles. The minimum absolute atomic E-state index is 0.0424. The number of carbonyl (C=O) groups excluding carboxylic acids is 1. The molecule has 1 aromatic rings. The van der Waals surface area contributed by atoms with Gasteiger partial charge in [0.25, 0.3) is 0 Å². The number of hydrogen-bond acceptors (Lipinski definition) is 6. The second-order valence-corrected chi connectivity index (χ2v) is 9.02. The highest BCUT2D eigenvalue weighted by Crippen LogP contribution is 2.39. The van der Waals surface area contributed by atoms with Crippen molar-refractivity contribution in [2.45, 2.75) is 43.2 Å². The number of amides is 1. The third-order valence-corrected chi connectivity index (χ3v) is 6.96. The molecule has 1 aromatic carbocycles. The average Bonchev–Trinajstić information content (AvgIpc) is 2.96. The summed E-state index contributed by atoms with van der Waals surface area (Å²) in [6, 6.07) is 10.6. The second-order valence-electron chi connectivity index (χ2n) is 9.02. The number of rotatable bonds is 9. The topological polar surface area (TPSA) is 74.3 Å². The molecule has 0 radical (unpaired) electrons. The Morgan fingerprint density at radius 3 is 2.55 bits per heavy atom. The van der Waals surface area contributed by atoms with Gasteiger partial charge in [-0.2, -0.15) is 0 Å². The number of hydrogen-bond donors (Lipinski definition) is 2. The standard InChI is InChI=1S/C24H39N3O4/c1-26-12-14-27(15-13-26)21-8-10-24(11-9-22(21)28,20-6-4-3-5-7-20)19-25-23(29)18-31-17-16-30-2/h3-7,21-22,28H,8-19H2,1-2H3,(H,25,29)/t21-,22-,24-/m0/s1. The van der Waals surface area contributed by atoms with Gasteiger partial charge < -0.3 is 24.8 Å². The molecule has 3 atom stereocenters. The van der Waals surface area contributed by atoms with Gasteiger partial charge in [-0.1, -0.05) is 30.3 Å². The van der Waals surface area contributed by atoms with E-state index in [2.05, 4.69) is 46.4 Å². The van der Waals surface area contributed by atoms with Crippen LogP contribution in [-0.2, 0) is 19.7 Å². The molecule has 2 aliphatic rings. The van der Waals surface area contributed by atoms with Crippen molar-refractivity contribution in [1.29, 1.82) is 0 Å². The van der Waals surface area contributed by atoms with Gasteiger partial charge in [0.1, 0.15) is 6.61 Å². The number of methoxy groups -OCH3 is 1. The van der Waals surface area contributed by atoms with Crippen LogP contribution in [0.4, 0.5) is 0 Å². The first-order chi connectivity index (χ1) is 15.0. The predicted molar refractivity (Wildman–Crippen MR) is 121 cm³/mol. The minimum Gasteiger partial charge on any atom is -0.391 e. The maximum Gasteiger partial charge on any atom is 0.246 e. The van der Waals surface area contributed by atoms with Crippen LogP contribution >= 0.6 is 0 Å². The molecular formula is C24H39N3O4. The third-order valence-electron chi connectivity index (χ3n) is 6.96. The summed E-state index contributed by atoms with van der Waals surface area (Å²) in [5.41, 5.74) is 1.06. The molecule has 2 N–H and O–H groups in total. The Morgan fingerprint density at radius 2 is 1.84 bits per heavy atom. The summed E-state index contributed by atoms with van der Waals surface area (Å²) in [4.78, 5) is 17.2. The molecule has 1 saturated heterocycles. The number of piperazine rings is 1. The van der Waals surface area contributed by atoms with Crippen molar-refractivity contribution in [2.24, 2.45) is 0 Å². The van der Waals surface area contributed by atoms with Crippen LogP contribution in [0.3, 0.4) is 0 Å². The van der Waals surface area contributed by atoms with Crippen molar-refractivity contribution in [2.75, 3.05) is 66.7 Å². The lowest BCUT2D eigenvalue weighted by Gasteiger charge is -2.39. The van der Waals surface area contributed by atoms with Crippen LogP contribution in [0.2, 0.25) is 0 Å². The van der Waals surface area contributed by atoms with E-state index in [4.69, 9.17) is 9.47 Å². The third kappa shape index (κ3) is 6.73. The molecule has 3 rings (SSSR count). The molecular weight excluding hydrogens is 394 g/mol. The molecule has 0 bridgehead atoms. The SMILES string of the molecule is COCCOCC(=O)NC[C@@]1(c2ccccc2)CC[C@H](O)[C@@H](N2CCN(C)CC2)CC1. The first-order valence-corrected chi connectivity index (χ1v) is 11.5. The van der Waals surface area contributed by atoms with Crippen LogP contribution in [0.1, 0.15) is 31.2 Å². The van der Waals surface area contributed by atoms with Crippen LogP contribution in [-0.4, -0.2) is 99.7 Å². The zero-order valence-electron chi connectivity index (χ0n) is 19.1. The minimum atomic E-state index is -0.331. The fourth-order valence-electron chi connectivity index (χ4n) is 4.92. The highest BCUT2D eigenvalue weighted by Gasteiger charge is 2.40. The lowest BCUT2D eigenvalue weighted by Crippen LogP contribution is -2.52. The van der Waals surface area contributed by atoms with E-state index in [1.54, 1.807) is 7.11 Å². The predicted octanol–water partition coefficient (Wildman–Crippen LogP) is 1.25. The van der Waals surface area contributed by atoms with Gasteiger partial charge >= 0.3 is 0 Å². The van der Waals surface area contributed by atoms with E-state index < -0.39 is 0 Å². The van der Waals surface area contributed by atoms with Crippen LogP contribution in [0.15, 0.2) is 30.3 Å². The van der Waals surface area contributed by atoms with E-state index in [-0.39, 0.29) is 30.1 Å². The van der Waals surface area contributed by atoms with Crippen LogP contribution in [0.5, 0.6) is 0 Å². The first-order valence-electron chi connectivity index (χ1n) is 11.5. The van der Waals surface area contributed by atoms with Crippen LogP contribution in [0, 0.1) is 0 Å². The molecule has 1 aliphatic carbocycles. The highest BCUT2D eigenvalue weighted by atomic mass is 16.5. The molecule has 2 fully saturated rings. The fraction of sp³-hybridized carbons (Fsp3) is 0.708. The quantitative estimate of drug-likeness (QED) is 0.451. The van der Waals surface area contributed by atoms with Crippen molar-refractivity contribution < 1.29 is 19.4 Å². The number of benzene rings is 1. The Labute approximate surface area is 186 Å². The molecule has 1 saturated carbocycles. The number of nitrogens with one attached hydrogen (secondary N) is 1. The Morgan fingerprint density at radius 1 is 1.13 bits per heavy atom. The van der Waals surface area contributed by atoms with Crippen LogP contribution < -0.4 is 5.32 Å². The zero-order valence-corrected chi connectivity index (χ0v) is 19.1. The Bertz CT molecular complexity index is 666. The van der Waals surface area contributed by atoms with Gasteiger partial charge in [-0.3, -0.25) is 9.69 Å². The lowest BCUT2D eigenvalue weighted by atomic mass is 9.74. The van der Waals surface area contributed by atoms with Gasteiger partial charge in [0.15, 0.2) is 0 Å². The maximum atomic E-state index is 12.4. The summed E-state index contributed by atoms with van der Waals surface area (Å²) in [6.07, 6.45) is 3.14. The van der Waals surface area contributed by atoms with Gasteiger partial charge in [0, 0.05) is 51.3 Å². The van der Waals surface area contributed by atoms with Gasteiger partial charge in [0.05, 0.1) is 19.3 Å². The number of ether oxygens (including phenoxy) is 2. The number of aliphatic hydroxyl groups excluding tert-OH is 1. The van der Waals surface area contributed by atoms with Gasteiger partial charge in [-0.15, -0.1) is 0 Å². The summed E-state index contributed by atoms with van der Waals surface area (Å²) in [6.45, 7) is 5.60. The van der Waals surface area contributed by atoms with E-state index in [1.807, 2.05) is 6.07 Å². The van der Waals surface area contributed by atoms with Crippen molar-refractivity contribution in [3.05, 3.63) is 35.9 Å². The number of aliphatic hydroxyl groups is 1. The van der Waals surface area contributed by atoms with E-state index >= 15 is 0 Å². The van der Waals surface area contributed by atoms with Crippen LogP contribution in [0.25, 0.3) is 0 Å². The number of nitrogens with zero attached hydrogens (tertiary/aromatic N) is 2. The largest absolute Gasteiger partial charge is 0.391 e. The monoisotopic (exact) mass is 433 g/mol. The summed E-state index contributed by atoms with van der Waals surface area (Å²) in [5, 5.41) is 14.1. The summed E-state index contributed by atoms with van der Waals surface area (Å²) in [5.74, 6) is -0.105. The Kier molecular flexibility index (Phi) is 9.29. The normalized spacial score (nSPS) is 28.2. The Balaban J connectivity index is 1.67. The van der Waals surface area contributed by atoms with E-state index in [1.165, 1.54) is 5.56 Å². The summed E-state index contributed by atoms with van der Waals surface area (Å²) < 4.78 is 10.3. The van der Waals surface area contributed by atoms with E-state index in [0.29, 0.717) is 19.8 Å². The molecule has 0 aromatic heterocycles. The van der Waals surface area contributed by atoms with Crippen molar-refractivity contribution >= 4 is 5.91 Å². The number of likely N-dealkylation sites (N-methyl/N-ethyl adjacent to an activating group) is 1. The summed E-state index contributed by atoms with van der Waals surface area (Å²) >= 11 is 0. The van der Waals surface area contributed by atoms with Gasteiger partial charge in [-0.05, 0) is 38.3 Å². The van der Waals surface area contributed by atoms with Crippen molar-refractivity contribution in [3.8, 4) is 0 Å². The smallest absolute Gasteiger partial charge is 0.246 e. The second kappa shape index (κ2) is 11.9. The van der Waals surface area contributed by atoms with Gasteiger partial charge in [-0.25, -0.2) is 0 Å².